The lowest BCUT2D eigenvalue weighted by atomic mass is 10.0. The Kier molecular flexibility index (Phi) is 7.73. The lowest BCUT2D eigenvalue weighted by Crippen LogP contribution is -2.45. The van der Waals surface area contributed by atoms with Gasteiger partial charge in [-0.25, -0.2) is 9.07 Å². The van der Waals surface area contributed by atoms with E-state index >= 15 is 0 Å². The van der Waals surface area contributed by atoms with Gasteiger partial charge in [-0.1, -0.05) is 61.0 Å². The maximum Gasteiger partial charge on any atom is 0.249 e. The smallest absolute Gasteiger partial charge is 0.249 e. The molecule has 186 valence electrons. The zero-order valence-electron chi connectivity index (χ0n) is 20.7. The summed E-state index contributed by atoms with van der Waals surface area (Å²) >= 11 is 0. The van der Waals surface area contributed by atoms with Crippen molar-refractivity contribution in [2.75, 3.05) is 11.4 Å². The molecule has 36 heavy (non-hydrogen) atoms. The quantitative estimate of drug-likeness (QED) is 0.367. The first-order valence-electron chi connectivity index (χ1n) is 12.0. The number of aryl methyl sites for hydroxylation is 1. The Hall–Kier alpha value is -4.07. The Labute approximate surface area is 209 Å². The molecule has 3 aromatic carbocycles. The van der Waals surface area contributed by atoms with Crippen LogP contribution in [0, 0.1) is 18.7 Å². The number of para-hydroxylation sites is 1. The molecule has 0 aliphatic heterocycles. The number of aromatic nitrogens is 3. The molecule has 7 nitrogen and oxygen atoms in total. The van der Waals surface area contributed by atoms with Crippen LogP contribution in [-0.4, -0.2) is 33.4 Å². The van der Waals surface area contributed by atoms with Crippen molar-refractivity contribution in [3.05, 3.63) is 89.7 Å². The molecule has 1 N–H and O–H groups in total. The van der Waals surface area contributed by atoms with Crippen molar-refractivity contribution in [2.24, 2.45) is 5.92 Å². The fraction of sp³-hybridized carbons (Fsp3) is 0.286. The van der Waals surface area contributed by atoms with Gasteiger partial charge in [0.15, 0.2) is 0 Å². The van der Waals surface area contributed by atoms with Crippen LogP contribution in [0.5, 0.6) is 0 Å². The highest BCUT2D eigenvalue weighted by atomic mass is 19.1. The van der Waals surface area contributed by atoms with E-state index in [0.717, 1.165) is 12.0 Å². The molecule has 0 saturated heterocycles. The zero-order chi connectivity index (χ0) is 25.7. The SMILES string of the molecule is Cc1ccc([C@H](C(=O)NCCC(C)C)N(C(=O)Cn2nnc3ccccc32)c2ccc(F)cc2)cc1. The minimum Gasteiger partial charge on any atom is -0.354 e. The number of nitrogens with zero attached hydrogens (tertiary/aromatic N) is 4. The molecule has 4 rings (SSSR count). The van der Waals surface area contributed by atoms with E-state index in [1.165, 1.54) is 33.8 Å². The van der Waals surface area contributed by atoms with Crippen LogP contribution in [0.3, 0.4) is 0 Å². The molecule has 1 atom stereocenters. The summed E-state index contributed by atoms with van der Waals surface area (Å²) in [6.45, 7) is 6.47. The van der Waals surface area contributed by atoms with Crippen LogP contribution in [0.1, 0.15) is 37.4 Å². The fourth-order valence-electron chi connectivity index (χ4n) is 4.02. The van der Waals surface area contributed by atoms with Gasteiger partial charge in [0, 0.05) is 12.2 Å². The Balaban J connectivity index is 1.75. The average Bonchev–Trinajstić information content (AvgIpc) is 3.26. The van der Waals surface area contributed by atoms with Gasteiger partial charge in [-0.3, -0.25) is 14.5 Å². The largest absolute Gasteiger partial charge is 0.354 e. The molecule has 0 bridgehead atoms. The molecule has 4 aromatic rings. The van der Waals surface area contributed by atoms with E-state index in [0.29, 0.717) is 34.7 Å². The number of amides is 2. The Morgan fingerprint density at radius 1 is 1.00 bits per heavy atom. The van der Waals surface area contributed by atoms with Gasteiger partial charge in [-0.05, 0) is 61.2 Å². The van der Waals surface area contributed by atoms with E-state index in [1.807, 2.05) is 55.5 Å². The molecule has 1 aromatic heterocycles. The van der Waals surface area contributed by atoms with Gasteiger partial charge in [0.2, 0.25) is 11.8 Å². The van der Waals surface area contributed by atoms with Gasteiger partial charge < -0.3 is 5.32 Å². The third-order valence-electron chi connectivity index (χ3n) is 6.00. The number of fused-ring (bicyclic) bond motifs is 1. The van der Waals surface area contributed by atoms with Crippen LogP contribution < -0.4 is 10.2 Å². The Morgan fingerprint density at radius 3 is 2.39 bits per heavy atom. The number of hydrogen-bond acceptors (Lipinski definition) is 4. The lowest BCUT2D eigenvalue weighted by Gasteiger charge is -2.31. The van der Waals surface area contributed by atoms with Crippen molar-refractivity contribution in [3.63, 3.8) is 0 Å². The van der Waals surface area contributed by atoms with E-state index in [1.54, 1.807) is 0 Å². The molecule has 0 spiro atoms. The van der Waals surface area contributed by atoms with E-state index in [4.69, 9.17) is 0 Å². The summed E-state index contributed by atoms with van der Waals surface area (Å²) in [6.07, 6.45) is 0.807. The van der Waals surface area contributed by atoms with Crippen molar-refractivity contribution in [2.45, 2.75) is 39.8 Å². The summed E-state index contributed by atoms with van der Waals surface area (Å²) in [5.74, 6) is -0.692. The predicted octanol–water partition coefficient (Wildman–Crippen LogP) is 4.82. The maximum atomic E-state index is 13.9. The first-order chi connectivity index (χ1) is 17.3. The number of halogens is 1. The van der Waals surface area contributed by atoms with Crippen LogP contribution in [0.25, 0.3) is 11.0 Å². The summed E-state index contributed by atoms with van der Waals surface area (Å²) < 4.78 is 15.3. The molecule has 0 fully saturated rings. The second kappa shape index (κ2) is 11.1. The minimum atomic E-state index is -0.953. The van der Waals surface area contributed by atoms with Crippen LogP contribution in [-0.2, 0) is 16.1 Å². The van der Waals surface area contributed by atoms with Crippen LogP contribution in [0.4, 0.5) is 10.1 Å². The number of carbonyl (C=O) groups excluding carboxylic acids is 2. The van der Waals surface area contributed by atoms with Crippen LogP contribution in [0.2, 0.25) is 0 Å². The molecular formula is C28H30FN5O2. The summed E-state index contributed by atoms with van der Waals surface area (Å²) in [4.78, 5) is 28.9. The molecule has 0 aliphatic carbocycles. The van der Waals surface area contributed by atoms with E-state index < -0.39 is 11.9 Å². The topological polar surface area (TPSA) is 80.1 Å². The highest BCUT2D eigenvalue weighted by Crippen LogP contribution is 2.29. The number of rotatable bonds is 9. The molecule has 0 radical (unpaired) electrons. The lowest BCUT2D eigenvalue weighted by molar-refractivity contribution is -0.127. The van der Waals surface area contributed by atoms with Crippen molar-refractivity contribution < 1.29 is 14.0 Å². The van der Waals surface area contributed by atoms with Crippen LogP contribution >= 0.6 is 0 Å². The zero-order valence-corrected chi connectivity index (χ0v) is 20.7. The fourth-order valence-corrected chi connectivity index (χ4v) is 4.02. The molecule has 0 saturated carbocycles. The minimum absolute atomic E-state index is 0.139. The van der Waals surface area contributed by atoms with Crippen molar-refractivity contribution in [1.29, 1.82) is 0 Å². The van der Waals surface area contributed by atoms with Crippen molar-refractivity contribution in [1.82, 2.24) is 20.3 Å². The molecule has 0 unspecified atom stereocenters. The number of anilines is 1. The highest BCUT2D eigenvalue weighted by molar-refractivity contribution is 6.01. The Bertz CT molecular complexity index is 1330. The van der Waals surface area contributed by atoms with Gasteiger partial charge in [-0.15, -0.1) is 5.10 Å². The van der Waals surface area contributed by atoms with Gasteiger partial charge in [0.1, 0.15) is 23.9 Å². The van der Waals surface area contributed by atoms with Crippen molar-refractivity contribution in [3.8, 4) is 0 Å². The average molecular weight is 488 g/mol. The standard InChI is InChI=1S/C28H30FN5O2/c1-19(2)16-17-30-28(36)27(21-10-8-20(3)9-11-21)34(23-14-12-22(29)13-15-23)26(35)18-33-25-7-5-4-6-24(25)31-32-33/h4-15,19,27H,16-18H2,1-3H3,(H,30,36)/t27-/m1/s1. The molecule has 2 amide bonds. The third kappa shape index (κ3) is 5.76. The van der Waals surface area contributed by atoms with Gasteiger partial charge >= 0.3 is 0 Å². The van der Waals surface area contributed by atoms with Crippen LogP contribution in [0.15, 0.2) is 72.8 Å². The number of benzene rings is 3. The number of carbonyl (C=O) groups is 2. The second-order valence-electron chi connectivity index (χ2n) is 9.26. The van der Waals surface area contributed by atoms with Gasteiger partial charge in [0.25, 0.3) is 0 Å². The summed E-state index contributed by atoms with van der Waals surface area (Å²) in [7, 11) is 0. The van der Waals surface area contributed by atoms with Crippen molar-refractivity contribution >= 4 is 28.5 Å². The first kappa shape index (κ1) is 25.0. The second-order valence-corrected chi connectivity index (χ2v) is 9.26. The third-order valence-corrected chi connectivity index (χ3v) is 6.00. The highest BCUT2D eigenvalue weighted by Gasteiger charge is 2.33. The van der Waals surface area contributed by atoms with E-state index in [9.17, 15) is 14.0 Å². The summed E-state index contributed by atoms with van der Waals surface area (Å²) in [5.41, 5.74) is 3.48. The Morgan fingerprint density at radius 2 is 1.69 bits per heavy atom. The molecular weight excluding hydrogens is 457 g/mol. The first-order valence-corrected chi connectivity index (χ1v) is 12.0. The number of hydrogen-bond donors (Lipinski definition) is 1. The number of nitrogens with one attached hydrogen (secondary N) is 1. The van der Waals surface area contributed by atoms with E-state index in [2.05, 4.69) is 29.5 Å². The van der Waals surface area contributed by atoms with Gasteiger partial charge in [-0.2, -0.15) is 0 Å². The molecule has 0 aliphatic rings. The normalized spacial score (nSPS) is 12.0. The molecule has 8 heteroatoms. The maximum absolute atomic E-state index is 13.9. The van der Waals surface area contributed by atoms with Gasteiger partial charge in [0.05, 0.1) is 5.52 Å². The predicted molar refractivity (Wildman–Crippen MR) is 138 cm³/mol. The monoisotopic (exact) mass is 487 g/mol. The summed E-state index contributed by atoms with van der Waals surface area (Å²) in [5, 5.41) is 11.3. The molecule has 1 heterocycles. The van der Waals surface area contributed by atoms with E-state index in [-0.39, 0.29) is 18.4 Å². The summed E-state index contributed by atoms with van der Waals surface area (Å²) in [6, 6.07) is 19.5.